The number of urea groups is 2. The van der Waals surface area contributed by atoms with Crippen LogP contribution in [0.15, 0.2) is 72.2 Å². The molecule has 2 unspecified atom stereocenters. The van der Waals surface area contributed by atoms with Gasteiger partial charge in [0.15, 0.2) is 0 Å². The Morgan fingerprint density at radius 1 is 1.32 bits per heavy atom. The quantitative estimate of drug-likeness (QED) is 0.239. The number of ether oxygens (including phenoxy) is 1. The van der Waals surface area contributed by atoms with Crippen LogP contribution < -0.4 is 26.0 Å². The maximum absolute atomic E-state index is 14.4. The fourth-order valence-corrected chi connectivity index (χ4v) is 4.64. The first-order valence-corrected chi connectivity index (χ1v) is 14.0. The van der Waals surface area contributed by atoms with E-state index in [1.165, 1.54) is 17.2 Å². The molecule has 0 aliphatic carbocycles. The first-order chi connectivity index (χ1) is 19.6. The average molecular weight is 579 g/mol. The van der Waals surface area contributed by atoms with Crippen LogP contribution in [-0.2, 0) is 13.0 Å². The van der Waals surface area contributed by atoms with Crippen molar-refractivity contribution in [1.82, 2.24) is 25.8 Å². The summed E-state index contributed by atoms with van der Waals surface area (Å²) in [6.45, 7) is 13.0. The van der Waals surface area contributed by atoms with Crippen molar-refractivity contribution in [3.05, 3.63) is 89.7 Å². The Bertz CT molecular complexity index is 1440. The van der Waals surface area contributed by atoms with Gasteiger partial charge in [0.1, 0.15) is 11.6 Å². The topological polar surface area (TPSA) is 98.3 Å². The summed E-state index contributed by atoms with van der Waals surface area (Å²) in [6, 6.07) is 8.16. The minimum atomic E-state index is -0.442. The van der Waals surface area contributed by atoms with Crippen LogP contribution in [0.1, 0.15) is 42.9 Å². The molecular formula is C30H36FN6O3P. The van der Waals surface area contributed by atoms with Crippen molar-refractivity contribution >= 4 is 38.3 Å². The van der Waals surface area contributed by atoms with Gasteiger partial charge in [0.2, 0.25) is 5.96 Å². The number of hydrogen-bond acceptors (Lipinski definition) is 4. The fraction of sp³-hybridized carbons (Fsp3) is 0.300. The number of carbonyl (C=O) groups excluding carboxylic acids is 2. The van der Waals surface area contributed by atoms with Crippen LogP contribution in [0.5, 0.6) is 5.75 Å². The lowest BCUT2D eigenvalue weighted by molar-refractivity contribution is 0.216. The second-order valence-corrected chi connectivity index (χ2v) is 10.7. The molecule has 2 aliphatic rings. The molecule has 0 radical (unpaired) electrons. The maximum atomic E-state index is 14.4. The smallest absolute Gasteiger partial charge is 0.324 e. The molecule has 0 bridgehead atoms. The number of carbonyl (C=O) groups is 2. The number of benzene rings is 2. The molecule has 4 amide bonds. The lowest BCUT2D eigenvalue weighted by atomic mass is 9.95. The van der Waals surface area contributed by atoms with E-state index in [-0.39, 0.29) is 36.8 Å². The molecule has 4 rings (SSSR count). The molecule has 0 aromatic heterocycles. The van der Waals surface area contributed by atoms with Crippen LogP contribution in [0.25, 0.3) is 0 Å². The molecule has 9 nitrogen and oxygen atoms in total. The van der Waals surface area contributed by atoms with Crippen molar-refractivity contribution in [1.29, 1.82) is 0 Å². The molecule has 0 saturated carbocycles. The number of halogens is 1. The van der Waals surface area contributed by atoms with Crippen molar-refractivity contribution in [3.8, 4) is 5.75 Å². The lowest BCUT2D eigenvalue weighted by Gasteiger charge is -2.27. The lowest BCUT2D eigenvalue weighted by Crippen LogP contribution is -2.48. The second-order valence-electron chi connectivity index (χ2n) is 10.1. The standard InChI is InChI=1S/C30H36FN6O3P/c1-6-18(3)23-14-26-21(10-11-40-26)13-25(23)34-28(37(7-2)16-20-8-9-27(41)24(31)12-20)35-30(39)36(5)17-22-15-32-29(38)33-19(22)4/h7-9,12-15,18H,2,4,6,10-11,16-17,41H2,1,3,5H3,(H2,32,33,38)(H,34,35,39). The molecule has 2 heterocycles. The maximum Gasteiger partial charge on any atom is 0.324 e. The van der Waals surface area contributed by atoms with E-state index in [0.29, 0.717) is 28.7 Å². The number of likely N-dealkylation sites (N-methyl/N-ethyl adjacent to an activating group) is 1. The van der Waals surface area contributed by atoms with Gasteiger partial charge in [0, 0.05) is 42.4 Å². The predicted molar refractivity (Wildman–Crippen MR) is 163 cm³/mol. The first-order valence-electron chi connectivity index (χ1n) is 13.4. The summed E-state index contributed by atoms with van der Waals surface area (Å²) in [6.07, 6.45) is 4.74. The first kappa shape index (κ1) is 29.8. The van der Waals surface area contributed by atoms with Crippen LogP contribution in [0.2, 0.25) is 0 Å². The van der Waals surface area contributed by atoms with E-state index in [1.807, 2.05) is 18.2 Å². The Kier molecular flexibility index (Phi) is 9.45. The number of fused-ring (bicyclic) bond motifs is 1. The van der Waals surface area contributed by atoms with Crippen LogP contribution >= 0.6 is 9.24 Å². The van der Waals surface area contributed by atoms with E-state index in [0.717, 1.165) is 35.4 Å². The molecule has 0 spiro atoms. The number of hydrogen-bond donors (Lipinski definition) is 3. The number of guanidine groups is 1. The second kappa shape index (κ2) is 13.0. The fourth-order valence-electron chi connectivity index (χ4n) is 4.46. The largest absolute Gasteiger partial charge is 0.493 e. The van der Waals surface area contributed by atoms with Gasteiger partial charge in [-0.25, -0.2) is 19.0 Å². The third-order valence-electron chi connectivity index (χ3n) is 7.12. The van der Waals surface area contributed by atoms with E-state index >= 15 is 0 Å². The Morgan fingerprint density at radius 2 is 2.10 bits per heavy atom. The number of nitrogens with one attached hydrogen (secondary N) is 3. The molecule has 41 heavy (non-hydrogen) atoms. The predicted octanol–water partition coefficient (Wildman–Crippen LogP) is 4.76. The van der Waals surface area contributed by atoms with Gasteiger partial charge in [-0.2, -0.15) is 0 Å². The summed E-state index contributed by atoms with van der Waals surface area (Å²) in [5.41, 5.74) is 4.51. The van der Waals surface area contributed by atoms with Crippen LogP contribution in [0.4, 0.5) is 19.7 Å². The molecule has 216 valence electrons. The van der Waals surface area contributed by atoms with Gasteiger partial charge in [0.25, 0.3) is 0 Å². The van der Waals surface area contributed by atoms with Crippen molar-refractivity contribution in [2.45, 2.75) is 39.2 Å². The zero-order valence-corrected chi connectivity index (χ0v) is 24.7. The van der Waals surface area contributed by atoms with Crippen molar-refractivity contribution in [2.24, 2.45) is 4.99 Å². The summed E-state index contributed by atoms with van der Waals surface area (Å²) in [4.78, 5) is 33.1. The molecule has 11 heteroatoms. The highest BCUT2D eigenvalue weighted by Gasteiger charge is 2.23. The van der Waals surface area contributed by atoms with Crippen LogP contribution in [0.3, 0.4) is 0 Å². The number of aliphatic imine (C=N–C) groups is 1. The van der Waals surface area contributed by atoms with Crippen molar-refractivity contribution in [2.75, 3.05) is 20.2 Å². The van der Waals surface area contributed by atoms with Crippen LogP contribution in [-0.4, -0.2) is 48.0 Å². The minimum Gasteiger partial charge on any atom is -0.493 e. The SMILES string of the molecule is C=CN(Cc1ccc(P)c(F)c1)C(=Nc1cc2c(cc1C(C)CC)OCC2)NC(=O)N(C)CC1=CNC(=O)NC1=C. The number of amides is 4. The van der Waals surface area contributed by atoms with Crippen molar-refractivity contribution in [3.63, 3.8) is 0 Å². The van der Waals surface area contributed by atoms with E-state index in [9.17, 15) is 14.0 Å². The molecule has 0 saturated heterocycles. The zero-order chi connectivity index (χ0) is 29.7. The summed E-state index contributed by atoms with van der Waals surface area (Å²) in [7, 11) is 3.99. The normalized spacial score (nSPS) is 15.1. The minimum absolute atomic E-state index is 0.175. The third-order valence-corrected chi connectivity index (χ3v) is 7.59. The van der Waals surface area contributed by atoms with E-state index in [1.54, 1.807) is 24.2 Å². The Balaban J connectivity index is 1.70. The summed E-state index contributed by atoms with van der Waals surface area (Å²) in [5.74, 6) is 0.937. The third kappa shape index (κ3) is 7.13. The van der Waals surface area contributed by atoms with Gasteiger partial charge in [-0.1, -0.05) is 39.1 Å². The van der Waals surface area contributed by atoms with Gasteiger partial charge < -0.3 is 25.2 Å². The highest BCUT2D eigenvalue weighted by molar-refractivity contribution is 7.27. The van der Waals surface area contributed by atoms with Gasteiger partial charge in [-0.15, -0.1) is 9.24 Å². The monoisotopic (exact) mass is 578 g/mol. The molecule has 2 atom stereocenters. The Morgan fingerprint density at radius 3 is 2.78 bits per heavy atom. The summed E-state index contributed by atoms with van der Waals surface area (Å²) in [5, 5.41) is 8.55. The molecule has 0 fully saturated rings. The van der Waals surface area contributed by atoms with E-state index in [4.69, 9.17) is 9.73 Å². The molecular weight excluding hydrogens is 542 g/mol. The molecule has 2 aromatic rings. The average Bonchev–Trinajstić information content (AvgIpc) is 3.41. The Labute approximate surface area is 242 Å². The number of rotatable bonds is 8. The summed E-state index contributed by atoms with van der Waals surface area (Å²) >= 11 is 0. The van der Waals surface area contributed by atoms with Gasteiger partial charge >= 0.3 is 12.1 Å². The van der Waals surface area contributed by atoms with Crippen molar-refractivity contribution < 1.29 is 18.7 Å². The van der Waals surface area contributed by atoms with Gasteiger partial charge in [-0.3, -0.25) is 5.32 Å². The van der Waals surface area contributed by atoms with E-state index in [2.05, 4.69) is 52.2 Å². The van der Waals surface area contributed by atoms with Crippen LogP contribution in [0, 0.1) is 5.82 Å². The Hall–Kier alpha value is -4.17. The van der Waals surface area contributed by atoms with Gasteiger partial charge in [-0.05, 0) is 47.2 Å². The van der Waals surface area contributed by atoms with E-state index < -0.39 is 6.03 Å². The zero-order valence-electron chi connectivity index (χ0n) is 23.6. The molecule has 3 N–H and O–H groups in total. The molecule has 2 aliphatic heterocycles. The molecule has 2 aromatic carbocycles. The highest BCUT2D eigenvalue weighted by atomic mass is 31.0. The highest BCUT2D eigenvalue weighted by Crippen LogP contribution is 2.38. The summed E-state index contributed by atoms with van der Waals surface area (Å²) < 4.78 is 20.2. The van der Waals surface area contributed by atoms with Gasteiger partial charge in [0.05, 0.1) is 25.4 Å². The number of nitrogens with zero attached hydrogens (tertiary/aromatic N) is 3.